The Morgan fingerprint density at radius 1 is 1.31 bits per heavy atom. The van der Waals surface area contributed by atoms with Crippen LogP contribution in [-0.2, 0) is 0 Å². The molecular formula is C14H28N2. The van der Waals surface area contributed by atoms with Crippen LogP contribution in [0.2, 0.25) is 0 Å². The molecule has 2 N–H and O–H groups in total. The number of hydrogen-bond acceptors (Lipinski definition) is 2. The molecule has 2 nitrogen and oxygen atoms in total. The van der Waals surface area contributed by atoms with E-state index >= 15 is 0 Å². The van der Waals surface area contributed by atoms with Gasteiger partial charge in [0.2, 0.25) is 0 Å². The van der Waals surface area contributed by atoms with Crippen LogP contribution in [0.1, 0.15) is 59.3 Å². The highest BCUT2D eigenvalue weighted by molar-refractivity contribution is 4.98. The Morgan fingerprint density at radius 3 is 2.62 bits per heavy atom. The summed E-state index contributed by atoms with van der Waals surface area (Å²) in [6, 6.07) is 1.07. The first-order valence-corrected chi connectivity index (χ1v) is 7.07. The summed E-state index contributed by atoms with van der Waals surface area (Å²) >= 11 is 0. The third-order valence-electron chi connectivity index (χ3n) is 4.92. The highest BCUT2D eigenvalue weighted by Crippen LogP contribution is 2.37. The fourth-order valence-corrected chi connectivity index (χ4v) is 3.73. The van der Waals surface area contributed by atoms with Crippen LogP contribution in [0.25, 0.3) is 0 Å². The van der Waals surface area contributed by atoms with Gasteiger partial charge in [0.1, 0.15) is 0 Å². The number of hydrogen-bond donors (Lipinski definition) is 1. The average Bonchev–Trinajstić information content (AvgIpc) is 2.59. The number of rotatable bonds is 2. The minimum Gasteiger partial charge on any atom is -0.326 e. The van der Waals surface area contributed by atoms with Crippen molar-refractivity contribution < 1.29 is 0 Å². The van der Waals surface area contributed by atoms with Crippen molar-refractivity contribution >= 4 is 0 Å². The fraction of sp³-hybridized carbons (Fsp3) is 1.00. The van der Waals surface area contributed by atoms with Crippen molar-refractivity contribution in [2.45, 2.75) is 76.9 Å². The minimum absolute atomic E-state index is 0.387. The highest BCUT2D eigenvalue weighted by Gasteiger charge is 2.41. The van der Waals surface area contributed by atoms with Gasteiger partial charge in [-0.25, -0.2) is 0 Å². The van der Waals surface area contributed by atoms with Crippen LogP contribution in [0.5, 0.6) is 0 Å². The lowest BCUT2D eigenvalue weighted by molar-refractivity contribution is 0.0588. The van der Waals surface area contributed by atoms with E-state index in [0.29, 0.717) is 17.6 Å². The van der Waals surface area contributed by atoms with E-state index in [4.69, 9.17) is 5.73 Å². The molecule has 2 fully saturated rings. The molecule has 0 aromatic rings. The summed E-state index contributed by atoms with van der Waals surface area (Å²) in [6.45, 7) is 8.38. The van der Waals surface area contributed by atoms with Crippen molar-refractivity contribution in [3.05, 3.63) is 0 Å². The van der Waals surface area contributed by atoms with E-state index in [9.17, 15) is 0 Å². The molecule has 1 aliphatic heterocycles. The summed E-state index contributed by atoms with van der Waals surface area (Å²) in [5.41, 5.74) is 6.74. The van der Waals surface area contributed by atoms with Crippen LogP contribution in [-0.4, -0.2) is 29.1 Å². The predicted octanol–water partition coefficient (Wildman–Crippen LogP) is 2.77. The van der Waals surface area contributed by atoms with Crippen molar-refractivity contribution in [3.8, 4) is 0 Å². The molecule has 1 aliphatic carbocycles. The Morgan fingerprint density at radius 2 is 2.06 bits per heavy atom. The van der Waals surface area contributed by atoms with Gasteiger partial charge in [0.15, 0.2) is 0 Å². The van der Waals surface area contributed by atoms with E-state index in [2.05, 4.69) is 25.7 Å². The molecule has 0 amide bonds. The van der Waals surface area contributed by atoms with Crippen molar-refractivity contribution in [2.75, 3.05) is 6.54 Å². The van der Waals surface area contributed by atoms with Gasteiger partial charge >= 0.3 is 0 Å². The molecule has 1 heterocycles. The third-order valence-corrected chi connectivity index (χ3v) is 4.92. The van der Waals surface area contributed by atoms with Gasteiger partial charge in [0, 0.05) is 17.6 Å². The van der Waals surface area contributed by atoms with Crippen LogP contribution in [0, 0.1) is 5.92 Å². The lowest BCUT2D eigenvalue weighted by Crippen LogP contribution is -2.55. The molecule has 0 bridgehead atoms. The van der Waals surface area contributed by atoms with E-state index in [-0.39, 0.29) is 0 Å². The first-order chi connectivity index (χ1) is 7.54. The normalized spacial score (nSPS) is 40.1. The summed E-state index contributed by atoms with van der Waals surface area (Å²) in [5, 5.41) is 0. The molecule has 0 spiro atoms. The lowest BCUT2D eigenvalue weighted by atomic mass is 9.79. The van der Waals surface area contributed by atoms with Crippen molar-refractivity contribution in [3.63, 3.8) is 0 Å². The first-order valence-electron chi connectivity index (χ1n) is 7.07. The second-order valence-corrected chi connectivity index (χ2v) is 6.43. The molecule has 0 radical (unpaired) electrons. The Hall–Kier alpha value is -0.0800. The van der Waals surface area contributed by atoms with E-state index in [0.717, 1.165) is 5.92 Å². The predicted molar refractivity (Wildman–Crippen MR) is 69.4 cm³/mol. The number of nitrogens with two attached hydrogens (primary N) is 1. The molecule has 2 rings (SSSR count). The molecular weight excluding hydrogens is 196 g/mol. The van der Waals surface area contributed by atoms with Gasteiger partial charge in [-0.3, -0.25) is 4.90 Å². The van der Waals surface area contributed by atoms with E-state index in [1.807, 2.05) is 0 Å². The topological polar surface area (TPSA) is 29.3 Å². The van der Waals surface area contributed by atoms with E-state index in [1.165, 1.54) is 45.1 Å². The third kappa shape index (κ3) is 2.28. The van der Waals surface area contributed by atoms with Gasteiger partial charge in [-0.2, -0.15) is 0 Å². The smallest absolute Gasteiger partial charge is 0.0255 e. The molecule has 1 saturated heterocycles. The van der Waals surface area contributed by atoms with Gasteiger partial charge in [0.05, 0.1) is 0 Å². The Balaban J connectivity index is 2.06. The fourth-order valence-electron chi connectivity index (χ4n) is 3.73. The second kappa shape index (κ2) is 4.66. The summed E-state index contributed by atoms with van der Waals surface area (Å²) in [4.78, 5) is 2.71. The molecule has 2 aliphatic rings. The Kier molecular flexibility index (Phi) is 3.60. The monoisotopic (exact) mass is 224 g/mol. The molecule has 0 aromatic carbocycles. The zero-order valence-electron chi connectivity index (χ0n) is 11.2. The summed E-state index contributed by atoms with van der Waals surface area (Å²) in [6.07, 6.45) is 7.94. The van der Waals surface area contributed by atoms with Crippen molar-refractivity contribution in [1.29, 1.82) is 0 Å². The largest absolute Gasteiger partial charge is 0.326 e. The van der Waals surface area contributed by atoms with Crippen LogP contribution < -0.4 is 5.73 Å². The van der Waals surface area contributed by atoms with Gasteiger partial charge in [-0.05, 0) is 58.4 Å². The number of likely N-dealkylation sites (tertiary alicyclic amines) is 1. The summed E-state index contributed by atoms with van der Waals surface area (Å²) < 4.78 is 0. The molecule has 3 atom stereocenters. The average molecular weight is 224 g/mol. The van der Waals surface area contributed by atoms with Crippen molar-refractivity contribution in [2.24, 2.45) is 11.7 Å². The lowest BCUT2D eigenvalue weighted by Gasteiger charge is -2.45. The van der Waals surface area contributed by atoms with Crippen LogP contribution in [0.4, 0.5) is 0 Å². The Labute approximate surface area is 101 Å². The standard InChI is InChI=1S/C14H28N2/c1-4-11-6-7-12(15)13(10-11)16-9-5-8-14(16,2)3/h11-13H,4-10,15H2,1-3H3. The molecule has 2 heteroatoms. The van der Waals surface area contributed by atoms with Crippen LogP contribution >= 0.6 is 0 Å². The van der Waals surface area contributed by atoms with Gasteiger partial charge < -0.3 is 5.73 Å². The number of nitrogens with zero attached hydrogens (tertiary/aromatic N) is 1. The zero-order valence-corrected chi connectivity index (χ0v) is 11.2. The molecule has 0 aromatic heterocycles. The van der Waals surface area contributed by atoms with Gasteiger partial charge in [0.25, 0.3) is 0 Å². The zero-order chi connectivity index (χ0) is 11.8. The molecule has 16 heavy (non-hydrogen) atoms. The van der Waals surface area contributed by atoms with E-state index in [1.54, 1.807) is 0 Å². The first kappa shape index (κ1) is 12.4. The highest BCUT2D eigenvalue weighted by atomic mass is 15.2. The van der Waals surface area contributed by atoms with Gasteiger partial charge in [-0.1, -0.05) is 13.3 Å². The maximum atomic E-state index is 6.36. The summed E-state index contributed by atoms with van der Waals surface area (Å²) in [5.74, 6) is 0.918. The molecule has 1 saturated carbocycles. The quantitative estimate of drug-likeness (QED) is 0.781. The SMILES string of the molecule is CCC1CCC(N)C(N2CCCC2(C)C)C1. The maximum Gasteiger partial charge on any atom is 0.0255 e. The Bertz CT molecular complexity index is 237. The van der Waals surface area contributed by atoms with Crippen LogP contribution in [0.15, 0.2) is 0 Å². The van der Waals surface area contributed by atoms with E-state index < -0.39 is 0 Å². The second-order valence-electron chi connectivity index (χ2n) is 6.43. The molecule has 94 valence electrons. The van der Waals surface area contributed by atoms with Crippen LogP contribution in [0.3, 0.4) is 0 Å². The minimum atomic E-state index is 0.387. The van der Waals surface area contributed by atoms with Gasteiger partial charge in [-0.15, -0.1) is 0 Å². The van der Waals surface area contributed by atoms with Crippen molar-refractivity contribution in [1.82, 2.24) is 4.90 Å². The molecule has 3 unspecified atom stereocenters. The maximum absolute atomic E-state index is 6.36. The summed E-state index contributed by atoms with van der Waals surface area (Å²) in [7, 11) is 0.